The van der Waals surface area contributed by atoms with Crippen molar-refractivity contribution in [3.8, 4) is 5.69 Å². The first kappa shape index (κ1) is 18.8. The molecule has 0 N–H and O–H groups in total. The van der Waals surface area contributed by atoms with E-state index in [1.807, 2.05) is 39.9 Å². The molecule has 2 aliphatic carbocycles. The Morgan fingerprint density at radius 1 is 0.931 bits per heavy atom. The molecule has 0 bridgehead atoms. The number of benzene rings is 1. The van der Waals surface area contributed by atoms with Crippen molar-refractivity contribution >= 4 is 5.91 Å². The van der Waals surface area contributed by atoms with E-state index >= 15 is 0 Å². The van der Waals surface area contributed by atoms with Crippen LogP contribution in [0.4, 0.5) is 0 Å². The number of rotatable bonds is 5. The molecule has 3 aliphatic rings. The number of para-hydroxylation sites is 1. The molecule has 0 unspecified atom stereocenters. The van der Waals surface area contributed by atoms with E-state index in [1.54, 1.807) is 0 Å². The van der Waals surface area contributed by atoms with Gasteiger partial charge < -0.3 is 4.90 Å². The van der Waals surface area contributed by atoms with E-state index < -0.39 is 0 Å². The second-order valence-electron chi connectivity index (χ2n) is 8.94. The summed E-state index contributed by atoms with van der Waals surface area (Å²) in [5.41, 5.74) is 2.56. The zero-order chi connectivity index (χ0) is 19.6. The van der Waals surface area contributed by atoms with Gasteiger partial charge in [0.25, 0.3) is 5.91 Å². The summed E-state index contributed by atoms with van der Waals surface area (Å²) in [7, 11) is 0. The fraction of sp³-hybridized carbons (Fsp3) is 0.609. The smallest absolute Gasteiger partial charge is 0.276 e. The van der Waals surface area contributed by atoms with E-state index in [2.05, 4.69) is 15.2 Å². The highest BCUT2D eigenvalue weighted by Crippen LogP contribution is 2.42. The molecule has 0 spiro atoms. The topological polar surface area (TPSA) is 54.3 Å². The molecular weight excluding hydrogens is 362 g/mol. The van der Waals surface area contributed by atoms with Crippen LogP contribution in [0.25, 0.3) is 5.69 Å². The average molecular weight is 394 g/mol. The third kappa shape index (κ3) is 4.08. The molecule has 1 saturated heterocycles. The highest BCUT2D eigenvalue weighted by atomic mass is 16.2. The number of nitrogens with zero attached hydrogens (tertiary/aromatic N) is 5. The Hall–Kier alpha value is -2.21. The van der Waals surface area contributed by atoms with E-state index in [1.165, 1.54) is 38.6 Å². The zero-order valence-corrected chi connectivity index (χ0v) is 17.2. The van der Waals surface area contributed by atoms with Gasteiger partial charge in [-0.25, -0.2) is 4.68 Å². The summed E-state index contributed by atoms with van der Waals surface area (Å²) >= 11 is 0. The normalized spacial score (nSPS) is 21.4. The van der Waals surface area contributed by atoms with E-state index in [-0.39, 0.29) is 5.91 Å². The van der Waals surface area contributed by atoms with Gasteiger partial charge in [0.05, 0.1) is 11.4 Å². The Morgan fingerprint density at radius 2 is 1.66 bits per heavy atom. The molecule has 1 aromatic carbocycles. The van der Waals surface area contributed by atoms with Crippen LogP contribution >= 0.6 is 0 Å². The lowest BCUT2D eigenvalue weighted by Gasteiger charge is -2.37. The largest absolute Gasteiger partial charge is 0.335 e. The molecule has 6 nitrogen and oxygen atoms in total. The van der Waals surface area contributed by atoms with Crippen LogP contribution < -0.4 is 0 Å². The van der Waals surface area contributed by atoms with Gasteiger partial charge in [0, 0.05) is 38.6 Å². The maximum absolute atomic E-state index is 13.3. The van der Waals surface area contributed by atoms with Crippen LogP contribution in [-0.4, -0.2) is 63.4 Å². The third-order valence-corrected chi connectivity index (χ3v) is 6.77. The minimum absolute atomic E-state index is 0.0615. The SMILES string of the molecule is O=C(c1nnn(-c2ccccc2)c1C1CC1)N1CCN(CC2CCCCC2)CC1. The predicted molar refractivity (Wildman–Crippen MR) is 112 cm³/mol. The summed E-state index contributed by atoms with van der Waals surface area (Å²) in [5, 5.41) is 8.71. The summed E-state index contributed by atoms with van der Waals surface area (Å²) in [6, 6.07) is 10.1. The fourth-order valence-corrected chi connectivity index (χ4v) is 4.94. The number of aromatic nitrogens is 3. The molecule has 2 saturated carbocycles. The van der Waals surface area contributed by atoms with Gasteiger partial charge in [0.15, 0.2) is 5.69 Å². The van der Waals surface area contributed by atoms with Gasteiger partial charge in [-0.1, -0.05) is 42.7 Å². The molecule has 5 rings (SSSR count). The van der Waals surface area contributed by atoms with Crippen LogP contribution in [0.2, 0.25) is 0 Å². The first-order valence-electron chi connectivity index (χ1n) is 11.3. The monoisotopic (exact) mass is 393 g/mol. The number of piperazine rings is 1. The van der Waals surface area contributed by atoms with E-state index in [4.69, 9.17) is 0 Å². The fourth-order valence-electron chi connectivity index (χ4n) is 4.94. The number of hydrogen-bond acceptors (Lipinski definition) is 4. The zero-order valence-electron chi connectivity index (χ0n) is 17.2. The third-order valence-electron chi connectivity index (χ3n) is 6.77. The van der Waals surface area contributed by atoms with Crippen LogP contribution in [0, 0.1) is 5.92 Å². The van der Waals surface area contributed by atoms with Crippen LogP contribution in [-0.2, 0) is 0 Å². The minimum atomic E-state index is 0.0615. The Morgan fingerprint density at radius 3 is 2.34 bits per heavy atom. The van der Waals surface area contributed by atoms with Gasteiger partial charge >= 0.3 is 0 Å². The first-order valence-corrected chi connectivity index (χ1v) is 11.3. The van der Waals surface area contributed by atoms with Crippen LogP contribution in [0.3, 0.4) is 0 Å². The molecule has 2 aromatic rings. The van der Waals surface area contributed by atoms with Crippen molar-refractivity contribution in [2.45, 2.75) is 50.9 Å². The van der Waals surface area contributed by atoms with E-state index in [0.29, 0.717) is 11.6 Å². The molecular formula is C23H31N5O. The number of carbonyl (C=O) groups excluding carboxylic acids is 1. The Kier molecular flexibility index (Phi) is 5.36. The van der Waals surface area contributed by atoms with Crippen molar-refractivity contribution in [3.63, 3.8) is 0 Å². The second-order valence-corrected chi connectivity index (χ2v) is 8.94. The maximum Gasteiger partial charge on any atom is 0.276 e. The molecule has 154 valence electrons. The van der Waals surface area contributed by atoms with Gasteiger partial charge in [-0.2, -0.15) is 0 Å². The number of hydrogen-bond donors (Lipinski definition) is 0. The van der Waals surface area contributed by atoms with Crippen molar-refractivity contribution in [1.29, 1.82) is 0 Å². The lowest BCUT2D eigenvalue weighted by Crippen LogP contribution is -2.50. The molecule has 6 heteroatoms. The molecule has 0 radical (unpaired) electrons. The van der Waals surface area contributed by atoms with Gasteiger partial charge in [0.2, 0.25) is 0 Å². The standard InChI is InChI=1S/C23H31N5O/c29-23(27-15-13-26(14-16-27)17-18-7-3-1-4-8-18)21-22(19-11-12-19)28(25-24-21)20-9-5-2-6-10-20/h2,5-6,9-10,18-19H,1,3-4,7-8,11-17H2. The van der Waals surface area contributed by atoms with Gasteiger partial charge in [0.1, 0.15) is 0 Å². The average Bonchev–Trinajstić information content (AvgIpc) is 3.53. The molecule has 29 heavy (non-hydrogen) atoms. The van der Waals surface area contributed by atoms with Crippen LogP contribution in [0.1, 0.15) is 67.0 Å². The van der Waals surface area contributed by atoms with Crippen molar-refractivity contribution in [2.24, 2.45) is 5.92 Å². The summed E-state index contributed by atoms with van der Waals surface area (Å²) in [4.78, 5) is 17.8. The van der Waals surface area contributed by atoms with E-state index in [9.17, 15) is 4.79 Å². The Labute approximate surface area is 172 Å². The van der Waals surface area contributed by atoms with Gasteiger partial charge in [-0.15, -0.1) is 5.10 Å². The minimum Gasteiger partial charge on any atom is -0.335 e. The van der Waals surface area contributed by atoms with Crippen molar-refractivity contribution in [1.82, 2.24) is 24.8 Å². The van der Waals surface area contributed by atoms with Crippen molar-refractivity contribution in [3.05, 3.63) is 41.7 Å². The predicted octanol–water partition coefficient (Wildman–Crippen LogP) is 3.48. The maximum atomic E-state index is 13.3. The molecule has 1 amide bonds. The molecule has 1 aliphatic heterocycles. The quantitative estimate of drug-likeness (QED) is 0.780. The number of amides is 1. The lowest BCUT2D eigenvalue weighted by molar-refractivity contribution is 0.0599. The summed E-state index contributed by atoms with van der Waals surface area (Å²) in [6.45, 7) is 4.77. The Balaban J connectivity index is 1.26. The molecule has 3 fully saturated rings. The summed E-state index contributed by atoms with van der Waals surface area (Å²) in [5.74, 6) is 1.33. The second kappa shape index (κ2) is 8.27. The molecule has 2 heterocycles. The van der Waals surface area contributed by atoms with Gasteiger partial charge in [-0.05, 0) is 43.7 Å². The van der Waals surface area contributed by atoms with Crippen LogP contribution in [0.15, 0.2) is 30.3 Å². The highest BCUT2D eigenvalue weighted by molar-refractivity contribution is 5.93. The van der Waals surface area contributed by atoms with Crippen molar-refractivity contribution in [2.75, 3.05) is 32.7 Å². The Bertz CT molecular complexity index is 830. The summed E-state index contributed by atoms with van der Waals surface area (Å²) in [6.07, 6.45) is 9.20. The number of carbonyl (C=O) groups is 1. The molecule has 1 aromatic heterocycles. The van der Waals surface area contributed by atoms with Crippen LogP contribution in [0.5, 0.6) is 0 Å². The summed E-state index contributed by atoms with van der Waals surface area (Å²) < 4.78 is 1.88. The van der Waals surface area contributed by atoms with Gasteiger partial charge in [-0.3, -0.25) is 9.69 Å². The first-order chi connectivity index (χ1) is 14.3. The lowest BCUT2D eigenvalue weighted by atomic mass is 9.89. The van der Waals surface area contributed by atoms with E-state index in [0.717, 1.165) is 56.3 Å². The highest BCUT2D eigenvalue weighted by Gasteiger charge is 2.36. The van der Waals surface area contributed by atoms with Crippen molar-refractivity contribution < 1.29 is 4.79 Å². The molecule has 0 atom stereocenters.